The highest BCUT2D eigenvalue weighted by Gasteiger charge is 2.34. The molecule has 0 amide bonds. The fourth-order valence-corrected chi connectivity index (χ4v) is 3.32. The molecule has 2 heteroatoms. The van der Waals surface area contributed by atoms with Crippen LogP contribution in [-0.2, 0) is 0 Å². The van der Waals surface area contributed by atoms with Crippen molar-refractivity contribution in [1.29, 1.82) is 0 Å². The molecule has 0 aromatic rings. The van der Waals surface area contributed by atoms with E-state index in [1.54, 1.807) is 0 Å². The van der Waals surface area contributed by atoms with Gasteiger partial charge in [-0.3, -0.25) is 4.90 Å². The zero-order valence-electron chi connectivity index (χ0n) is 13.4. The van der Waals surface area contributed by atoms with Crippen molar-refractivity contribution in [2.45, 2.75) is 78.4 Å². The molecule has 0 spiro atoms. The van der Waals surface area contributed by atoms with E-state index in [9.17, 15) is 0 Å². The Morgan fingerprint density at radius 2 is 1.83 bits per heavy atom. The van der Waals surface area contributed by atoms with Gasteiger partial charge in [0, 0.05) is 18.1 Å². The van der Waals surface area contributed by atoms with E-state index in [1.165, 1.54) is 25.7 Å². The monoisotopic (exact) mass is 254 g/mol. The molecule has 0 aromatic heterocycles. The van der Waals surface area contributed by atoms with Crippen molar-refractivity contribution in [1.82, 2.24) is 10.2 Å². The van der Waals surface area contributed by atoms with E-state index in [-0.39, 0.29) is 0 Å². The lowest BCUT2D eigenvalue weighted by atomic mass is 9.79. The summed E-state index contributed by atoms with van der Waals surface area (Å²) in [7, 11) is 2.33. The number of hydrogen-bond acceptors (Lipinski definition) is 2. The molecule has 4 unspecified atom stereocenters. The lowest BCUT2D eigenvalue weighted by Gasteiger charge is -2.44. The van der Waals surface area contributed by atoms with Gasteiger partial charge in [-0.1, -0.05) is 34.1 Å². The molecule has 0 bridgehead atoms. The largest absolute Gasteiger partial charge is 0.313 e. The second-order valence-corrected chi connectivity index (χ2v) is 6.47. The number of hydrogen-bond donors (Lipinski definition) is 1. The predicted molar refractivity (Wildman–Crippen MR) is 80.9 cm³/mol. The Balaban J connectivity index is 2.70. The van der Waals surface area contributed by atoms with Gasteiger partial charge in [0.05, 0.1) is 0 Å². The second kappa shape index (κ2) is 7.49. The minimum atomic E-state index is 0.673. The van der Waals surface area contributed by atoms with Gasteiger partial charge >= 0.3 is 0 Å². The lowest BCUT2D eigenvalue weighted by molar-refractivity contribution is 0.0718. The van der Waals surface area contributed by atoms with Crippen molar-refractivity contribution in [2.24, 2.45) is 11.8 Å². The smallest absolute Gasteiger partial charge is 0.0251 e. The molecule has 108 valence electrons. The normalized spacial score (nSPS) is 31.0. The van der Waals surface area contributed by atoms with Crippen molar-refractivity contribution in [3.8, 4) is 0 Å². The van der Waals surface area contributed by atoms with E-state index in [4.69, 9.17) is 0 Å². The van der Waals surface area contributed by atoms with Crippen LogP contribution in [0.2, 0.25) is 0 Å². The van der Waals surface area contributed by atoms with Crippen LogP contribution in [0.3, 0.4) is 0 Å². The van der Waals surface area contributed by atoms with E-state index in [1.807, 2.05) is 0 Å². The summed E-state index contributed by atoms with van der Waals surface area (Å²) in [5.74, 6) is 1.67. The highest BCUT2D eigenvalue weighted by molar-refractivity contribution is 4.91. The summed E-state index contributed by atoms with van der Waals surface area (Å²) < 4.78 is 0. The molecule has 1 aliphatic carbocycles. The quantitative estimate of drug-likeness (QED) is 0.780. The number of likely N-dealkylation sites (N-methyl/N-ethyl adjacent to an activating group) is 2. The molecule has 0 aliphatic heterocycles. The Labute approximate surface area is 115 Å². The molecule has 1 N–H and O–H groups in total. The molecule has 1 saturated carbocycles. The third kappa shape index (κ3) is 3.96. The standard InChI is InChI=1S/C16H34N2/c1-7-14-9-10-15(17-8-2)16(11-14)18(6)13(5)12(3)4/h12-17H,7-11H2,1-6H3. The van der Waals surface area contributed by atoms with Crippen molar-refractivity contribution in [3.05, 3.63) is 0 Å². The Morgan fingerprint density at radius 3 is 2.33 bits per heavy atom. The van der Waals surface area contributed by atoms with Gasteiger partial charge in [-0.2, -0.15) is 0 Å². The Morgan fingerprint density at radius 1 is 1.17 bits per heavy atom. The van der Waals surface area contributed by atoms with E-state index in [0.29, 0.717) is 12.1 Å². The zero-order chi connectivity index (χ0) is 13.7. The molecule has 18 heavy (non-hydrogen) atoms. The van der Waals surface area contributed by atoms with Crippen LogP contribution in [0.25, 0.3) is 0 Å². The van der Waals surface area contributed by atoms with Gasteiger partial charge < -0.3 is 5.32 Å². The number of nitrogens with zero attached hydrogens (tertiary/aromatic N) is 1. The summed E-state index contributed by atoms with van der Waals surface area (Å²) in [5.41, 5.74) is 0. The summed E-state index contributed by atoms with van der Waals surface area (Å²) in [6.07, 6.45) is 5.49. The van der Waals surface area contributed by atoms with Gasteiger partial charge in [0.1, 0.15) is 0 Å². The third-order valence-electron chi connectivity index (χ3n) is 5.10. The summed E-state index contributed by atoms with van der Waals surface area (Å²) in [4.78, 5) is 2.64. The van der Waals surface area contributed by atoms with Gasteiger partial charge in [0.25, 0.3) is 0 Å². The molecule has 4 atom stereocenters. The van der Waals surface area contributed by atoms with Gasteiger partial charge in [-0.15, -0.1) is 0 Å². The maximum Gasteiger partial charge on any atom is 0.0251 e. The molecule has 0 radical (unpaired) electrons. The summed E-state index contributed by atoms with van der Waals surface area (Å²) >= 11 is 0. The maximum atomic E-state index is 3.71. The first-order chi connectivity index (χ1) is 8.51. The predicted octanol–water partition coefficient (Wildman–Crippen LogP) is 3.52. The molecule has 1 aliphatic rings. The van der Waals surface area contributed by atoms with Crippen molar-refractivity contribution < 1.29 is 0 Å². The van der Waals surface area contributed by atoms with E-state index in [2.05, 4.69) is 51.9 Å². The van der Waals surface area contributed by atoms with E-state index < -0.39 is 0 Å². The van der Waals surface area contributed by atoms with Crippen molar-refractivity contribution in [3.63, 3.8) is 0 Å². The molecule has 2 nitrogen and oxygen atoms in total. The first kappa shape index (κ1) is 16.0. The zero-order valence-corrected chi connectivity index (χ0v) is 13.4. The molecule has 0 aromatic carbocycles. The van der Waals surface area contributed by atoms with Crippen LogP contribution < -0.4 is 5.32 Å². The minimum absolute atomic E-state index is 0.673. The average molecular weight is 254 g/mol. The van der Waals surface area contributed by atoms with Crippen molar-refractivity contribution >= 4 is 0 Å². The fourth-order valence-electron chi connectivity index (χ4n) is 3.32. The van der Waals surface area contributed by atoms with Crippen LogP contribution in [0.5, 0.6) is 0 Å². The highest BCUT2D eigenvalue weighted by Crippen LogP contribution is 2.31. The fraction of sp³-hybridized carbons (Fsp3) is 1.00. The summed E-state index contributed by atoms with van der Waals surface area (Å²) in [6.45, 7) is 12.7. The first-order valence-electron chi connectivity index (χ1n) is 7.96. The van der Waals surface area contributed by atoms with Gasteiger partial charge in [0.15, 0.2) is 0 Å². The van der Waals surface area contributed by atoms with Crippen molar-refractivity contribution in [2.75, 3.05) is 13.6 Å². The number of rotatable bonds is 6. The summed E-state index contributed by atoms with van der Waals surface area (Å²) in [5, 5.41) is 3.71. The highest BCUT2D eigenvalue weighted by atomic mass is 15.2. The third-order valence-corrected chi connectivity index (χ3v) is 5.10. The Hall–Kier alpha value is -0.0800. The molecule has 1 fully saturated rings. The summed E-state index contributed by atoms with van der Waals surface area (Å²) in [6, 6.07) is 2.09. The van der Waals surface area contributed by atoms with Crippen LogP contribution >= 0.6 is 0 Å². The number of nitrogens with one attached hydrogen (secondary N) is 1. The minimum Gasteiger partial charge on any atom is -0.313 e. The van der Waals surface area contributed by atoms with E-state index in [0.717, 1.165) is 24.4 Å². The topological polar surface area (TPSA) is 15.3 Å². The van der Waals surface area contributed by atoms with Crippen LogP contribution in [0, 0.1) is 11.8 Å². The van der Waals surface area contributed by atoms with Gasteiger partial charge in [-0.25, -0.2) is 0 Å². The van der Waals surface area contributed by atoms with E-state index >= 15 is 0 Å². The maximum absolute atomic E-state index is 3.71. The average Bonchev–Trinajstić information content (AvgIpc) is 2.37. The van der Waals surface area contributed by atoms with Crippen LogP contribution in [0.15, 0.2) is 0 Å². The Bertz CT molecular complexity index is 227. The van der Waals surface area contributed by atoms with Crippen LogP contribution in [0.4, 0.5) is 0 Å². The lowest BCUT2D eigenvalue weighted by Crippen LogP contribution is -2.55. The molecule has 1 rings (SSSR count). The molecule has 0 saturated heterocycles. The SMILES string of the molecule is CCNC1CCC(CC)CC1N(C)C(C)C(C)C. The van der Waals surface area contributed by atoms with Crippen LogP contribution in [-0.4, -0.2) is 36.6 Å². The second-order valence-electron chi connectivity index (χ2n) is 6.47. The Kier molecular flexibility index (Phi) is 6.65. The molecular weight excluding hydrogens is 220 g/mol. The van der Waals surface area contributed by atoms with Crippen LogP contribution in [0.1, 0.15) is 60.3 Å². The van der Waals surface area contributed by atoms with Gasteiger partial charge in [0.2, 0.25) is 0 Å². The van der Waals surface area contributed by atoms with Gasteiger partial charge in [-0.05, 0) is 51.6 Å². The first-order valence-corrected chi connectivity index (χ1v) is 7.96. The molecular formula is C16H34N2. The molecule has 0 heterocycles.